The topological polar surface area (TPSA) is 52.6 Å². The fourth-order valence-corrected chi connectivity index (χ4v) is 3.71. The molecule has 0 radical (unpaired) electrons. The molecule has 4 heteroatoms. The van der Waals surface area contributed by atoms with E-state index in [-0.39, 0.29) is 11.6 Å². The van der Waals surface area contributed by atoms with Crippen LogP contribution in [0.15, 0.2) is 66.7 Å². The second kappa shape index (κ2) is 7.40. The number of ether oxygens (including phenoxy) is 2. The van der Waals surface area contributed by atoms with Crippen LogP contribution in [0.2, 0.25) is 0 Å². The number of benzene rings is 3. The minimum atomic E-state index is -0.153. The molecule has 0 spiro atoms. The molecule has 0 unspecified atom stereocenters. The number of methoxy groups -OCH3 is 2. The van der Waals surface area contributed by atoms with Gasteiger partial charge in [-0.3, -0.25) is 9.59 Å². The van der Waals surface area contributed by atoms with Crippen LogP contribution in [0.4, 0.5) is 0 Å². The van der Waals surface area contributed by atoms with Crippen LogP contribution in [-0.2, 0) is 0 Å². The van der Waals surface area contributed by atoms with Crippen molar-refractivity contribution >= 4 is 22.7 Å². The highest BCUT2D eigenvalue weighted by Gasteiger charge is 2.34. The lowest BCUT2D eigenvalue weighted by atomic mass is 9.77. The number of ketones is 2. The van der Waals surface area contributed by atoms with E-state index < -0.39 is 0 Å². The number of carbonyl (C=O) groups is 2. The largest absolute Gasteiger partial charge is 0.497 e. The number of carbonyl (C=O) groups excluding carboxylic acids is 2. The maximum Gasteiger partial charge on any atom is 0.195 e. The van der Waals surface area contributed by atoms with Gasteiger partial charge in [0.05, 0.1) is 14.2 Å². The Morgan fingerprint density at radius 1 is 0.621 bits per heavy atom. The summed E-state index contributed by atoms with van der Waals surface area (Å²) in [5.41, 5.74) is 3.89. The molecule has 0 saturated heterocycles. The van der Waals surface area contributed by atoms with Crippen LogP contribution in [0, 0.1) is 6.92 Å². The van der Waals surface area contributed by atoms with E-state index in [2.05, 4.69) is 0 Å². The van der Waals surface area contributed by atoms with Gasteiger partial charge in [0.15, 0.2) is 11.6 Å². The van der Waals surface area contributed by atoms with Crippen molar-refractivity contribution < 1.29 is 19.1 Å². The van der Waals surface area contributed by atoms with E-state index in [9.17, 15) is 9.59 Å². The van der Waals surface area contributed by atoms with E-state index in [0.717, 1.165) is 5.56 Å². The molecule has 0 aliphatic heterocycles. The van der Waals surface area contributed by atoms with Crippen LogP contribution in [0.1, 0.15) is 37.4 Å². The minimum Gasteiger partial charge on any atom is -0.497 e. The zero-order valence-corrected chi connectivity index (χ0v) is 16.5. The fourth-order valence-electron chi connectivity index (χ4n) is 3.71. The Kier molecular flexibility index (Phi) is 4.77. The monoisotopic (exact) mass is 384 g/mol. The molecule has 1 aliphatic rings. The summed E-state index contributed by atoms with van der Waals surface area (Å²) < 4.78 is 10.5. The molecular weight excluding hydrogens is 364 g/mol. The van der Waals surface area contributed by atoms with E-state index >= 15 is 0 Å². The third-order valence-electron chi connectivity index (χ3n) is 5.21. The SMILES string of the molecule is COc1ccc(C2=C(c3ccc(OC)cc3)C(=O)c3c(C)cccc3C2=O)cc1. The molecule has 0 saturated carbocycles. The second-order valence-electron chi connectivity index (χ2n) is 6.86. The Morgan fingerprint density at radius 3 is 1.59 bits per heavy atom. The van der Waals surface area contributed by atoms with Crippen molar-refractivity contribution in [3.05, 3.63) is 94.5 Å². The number of fused-ring (bicyclic) bond motifs is 1. The highest BCUT2D eigenvalue weighted by molar-refractivity contribution is 6.52. The molecule has 1 aliphatic carbocycles. The van der Waals surface area contributed by atoms with Gasteiger partial charge in [-0.05, 0) is 47.9 Å². The zero-order valence-electron chi connectivity index (χ0n) is 16.5. The van der Waals surface area contributed by atoms with Crippen molar-refractivity contribution in [3.63, 3.8) is 0 Å². The average Bonchev–Trinajstić information content (AvgIpc) is 2.76. The summed E-state index contributed by atoms with van der Waals surface area (Å²) in [7, 11) is 3.18. The lowest BCUT2D eigenvalue weighted by molar-refractivity contribution is 0.101. The molecule has 144 valence electrons. The summed E-state index contributed by atoms with van der Waals surface area (Å²) in [5.74, 6) is 1.07. The second-order valence-corrected chi connectivity index (χ2v) is 6.86. The molecule has 0 atom stereocenters. The Labute approximate surface area is 169 Å². The van der Waals surface area contributed by atoms with Gasteiger partial charge in [0, 0.05) is 22.3 Å². The summed E-state index contributed by atoms with van der Waals surface area (Å²) in [4.78, 5) is 27.1. The van der Waals surface area contributed by atoms with Crippen LogP contribution >= 0.6 is 0 Å². The molecule has 4 rings (SSSR count). The normalized spacial score (nSPS) is 13.3. The maximum absolute atomic E-state index is 13.6. The summed E-state index contributed by atoms with van der Waals surface area (Å²) in [6, 6.07) is 19.8. The Morgan fingerprint density at radius 2 is 1.10 bits per heavy atom. The first-order chi connectivity index (χ1) is 14.0. The number of allylic oxidation sites excluding steroid dienone is 2. The first kappa shape index (κ1) is 18.7. The van der Waals surface area contributed by atoms with Crippen LogP contribution in [0.25, 0.3) is 11.1 Å². The molecule has 0 aromatic heterocycles. The van der Waals surface area contributed by atoms with Gasteiger partial charge >= 0.3 is 0 Å². The van der Waals surface area contributed by atoms with Crippen molar-refractivity contribution in [2.75, 3.05) is 14.2 Å². The molecule has 0 N–H and O–H groups in total. The first-order valence-corrected chi connectivity index (χ1v) is 9.27. The highest BCUT2D eigenvalue weighted by Crippen LogP contribution is 2.39. The van der Waals surface area contributed by atoms with Crippen LogP contribution in [-0.4, -0.2) is 25.8 Å². The van der Waals surface area contributed by atoms with Crippen molar-refractivity contribution in [1.29, 1.82) is 0 Å². The summed E-state index contributed by atoms with van der Waals surface area (Å²) in [5, 5.41) is 0. The molecule has 0 fully saturated rings. The number of Topliss-reactive ketones (excluding diaryl/α,β-unsaturated/α-hetero) is 2. The van der Waals surface area contributed by atoms with Crippen LogP contribution < -0.4 is 9.47 Å². The third-order valence-corrected chi connectivity index (χ3v) is 5.21. The minimum absolute atomic E-state index is 0.145. The molecular formula is C25H20O4. The van der Waals surface area contributed by atoms with Crippen LogP contribution in [0.5, 0.6) is 11.5 Å². The Bertz CT molecular complexity index is 1140. The number of aryl methyl sites for hydroxylation is 1. The predicted molar refractivity (Wildman–Crippen MR) is 113 cm³/mol. The van der Waals surface area contributed by atoms with E-state index in [1.165, 1.54) is 0 Å². The van der Waals surface area contributed by atoms with Crippen molar-refractivity contribution in [3.8, 4) is 11.5 Å². The van der Waals surface area contributed by atoms with Gasteiger partial charge in [-0.15, -0.1) is 0 Å². The van der Waals surface area contributed by atoms with Gasteiger partial charge in [-0.2, -0.15) is 0 Å². The zero-order chi connectivity index (χ0) is 20.5. The number of hydrogen-bond donors (Lipinski definition) is 0. The Balaban J connectivity index is 1.99. The standard InChI is InChI=1S/C25H20O4/c1-15-5-4-6-20-21(15)25(27)23(17-9-13-19(29-3)14-10-17)22(24(20)26)16-7-11-18(28-2)12-8-16/h4-14H,1-3H3. The van der Waals surface area contributed by atoms with Gasteiger partial charge in [-0.1, -0.05) is 42.5 Å². The molecule has 3 aromatic rings. The van der Waals surface area contributed by atoms with Gasteiger partial charge in [-0.25, -0.2) is 0 Å². The maximum atomic E-state index is 13.6. The first-order valence-electron chi connectivity index (χ1n) is 9.27. The van der Waals surface area contributed by atoms with Crippen molar-refractivity contribution in [2.24, 2.45) is 0 Å². The Hall–Kier alpha value is -3.66. The van der Waals surface area contributed by atoms with E-state index in [0.29, 0.717) is 44.9 Å². The van der Waals surface area contributed by atoms with E-state index in [4.69, 9.17) is 9.47 Å². The molecule has 0 bridgehead atoms. The van der Waals surface area contributed by atoms with Crippen molar-refractivity contribution in [2.45, 2.75) is 6.92 Å². The van der Waals surface area contributed by atoms with E-state index in [1.807, 2.05) is 43.3 Å². The van der Waals surface area contributed by atoms with Gasteiger partial charge in [0.1, 0.15) is 11.5 Å². The molecule has 4 nitrogen and oxygen atoms in total. The quantitative estimate of drug-likeness (QED) is 0.635. The molecule has 0 heterocycles. The predicted octanol–water partition coefficient (Wildman–Crippen LogP) is 5.00. The highest BCUT2D eigenvalue weighted by atomic mass is 16.5. The average molecular weight is 384 g/mol. The molecule has 3 aromatic carbocycles. The van der Waals surface area contributed by atoms with Crippen molar-refractivity contribution in [1.82, 2.24) is 0 Å². The van der Waals surface area contributed by atoms with Gasteiger partial charge in [0.25, 0.3) is 0 Å². The lowest BCUT2D eigenvalue weighted by Gasteiger charge is -2.23. The van der Waals surface area contributed by atoms with Crippen LogP contribution in [0.3, 0.4) is 0 Å². The number of rotatable bonds is 4. The third kappa shape index (κ3) is 3.13. The van der Waals surface area contributed by atoms with Gasteiger partial charge < -0.3 is 9.47 Å². The fraction of sp³-hybridized carbons (Fsp3) is 0.120. The summed E-state index contributed by atoms with van der Waals surface area (Å²) >= 11 is 0. The smallest absolute Gasteiger partial charge is 0.195 e. The van der Waals surface area contributed by atoms with E-state index in [1.54, 1.807) is 44.6 Å². The number of hydrogen-bond acceptors (Lipinski definition) is 4. The summed E-state index contributed by atoms with van der Waals surface area (Å²) in [6.07, 6.45) is 0. The molecule has 29 heavy (non-hydrogen) atoms. The summed E-state index contributed by atoms with van der Waals surface area (Å²) in [6.45, 7) is 1.86. The van der Waals surface area contributed by atoms with Gasteiger partial charge in [0.2, 0.25) is 0 Å². The molecule has 0 amide bonds. The lowest BCUT2D eigenvalue weighted by Crippen LogP contribution is -2.22.